The quantitative estimate of drug-likeness (QED) is 0.778. The molecule has 0 N–H and O–H groups in total. The van der Waals surface area contributed by atoms with Crippen molar-refractivity contribution >= 4 is 5.78 Å². The summed E-state index contributed by atoms with van der Waals surface area (Å²) in [6.45, 7) is 9.95. The summed E-state index contributed by atoms with van der Waals surface area (Å²) < 4.78 is 5.92. The average Bonchev–Trinajstić information content (AvgIpc) is 2.27. The molecule has 0 bridgehead atoms. The SMILES string of the molecule is CC(=O)C(C)(C)C(C)(C)OCc1ccccc1. The Morgan fingerprint density at radius 2 is 1.65 bits per heavy atom. The van der Waals surface area contributed by atoms with Crippen LogP contribution >= 0.6 is 0 Å². The summed E-state index contributed by atoms with van der Waals surface area (Å²) in [7, 11) is 0. The molecule has 0 fully saturated rings. The zero-order chi connectivity index (χ0) is 13.1. The van der Waals surface area contributed by atoms with Gasteiger partial charge in [0.1, 0.15) is 5.78 Å². The first-order valence-electron chi connectivity index (χ1n) is 5.96. The summed E-state index contributed by atoms with van der Waals surface area (Å²) in [4.78, 5) is 11.6. The average molecular weight is 234 g/mol. The fourth-order valence-corrected chi connectivity index (χ4v) is 1.44. The molecule has 0 amide bonds. The minimum absolute atomic E-state index is 0.149. The molecule has 17 heavy (non-hydrogen) atoms. The van der Waals surface area contributed by atoms with Crippen LogP contribution in [-0.2, 0) is 16.1 Å². The third kappa shape index (κ3) is 3.16. The van der Waals surface area contributed by atoms with Gasteiger partial charge in [0.2, 0.25) is 0 Å². The fraction of sp³-hybridized carbons (Fsp3) is 0.533. The van der Waals surface area contributed by atoms with Crippen molar-refractivity contribution in [1.82, 2.24) is 0 Å². The topological polar surface area (TPSA) is 26.3 Å². The van der Waals surface area contributed by atoms with Gasteiger partial charge < -0.3 is 4.74 Å². The van der Waals surface area contributed by atoms with Crippen LogP contribution in [-0.4, -0.2) is 11.4 Å². The van der Waals surface area contributed by atoms with E-state index in [-0.39, 0.29) is 5.78 Å². The van der Waals surface area contributed by atoms with Crippen LogP contribution in [0.5, 0.6) is 0 Å². The van der Waals surface area contributed by atoms with Gasteiger partial charge in [-0.25, -0.2) is 0 Å². The second-order valence-electron chi connectivity index (χ2n) is 5.47. The molecular formula is C15H22O2. The molecule has 94 valence electrons. The van der Waals surface area contributed by atoms with E-state index in [0.29, 0.717) is 6.61 Å². The van der Waals surface area contributed by atoms with Crippen molar-refractivity contribution in [2.45, 2.75) is 46.8 Å². The molecule has 0 aliphatic heterocycles. The Balaban J connectivity index is 2.71. The first kappa shape index (κ1) is 13.9. The minimum Gasteiger partial charge on any atom is -0.370 e. The molecule has 0 atom stereocenters. The van der Waals surface area contributed by atoms with Crippen molar-refractivity contribution in [3.63, 3.8) is 0 Å². The van der Waals surface area contributed by atoms with Crippen molar-refractivity contribution in [2.24, 2.45) is 5.41 Å². The van der Waals surface area contributed by atoms with Gasteiger partial charge >= 0.3 is 0 Å². The van der Waals surface area contributed by atoms with Gasteiger partial charge in [-0.3, -0.25) is 4.79 Å². The molecule has 0 saturated heterocycles. The molecule has 0 unspecified atom stereocenters. The number of hydrogen-bond donors (Lipinski definition) is 0. The Bertz CT molecular complexity index is 377. The molecule has 0 aliphatic carbocycles. The molecule has 2 nitrogen and oxygen atoms in total. The minimum atomic E-state index is -0.484. The maximum Gasteiger partial charge on any atom is 0.138 e. The zero-order valence-electron chi connectivity index (χ0n) is 11.4. The number of hydrogen-bond acceptors (Lipinski definition) is 2. The van der Waals surface area contributed by atoms with Gasteiger partial charge in [0.05, 0.1) is 17.6 Å². The monoisotopic (exact) mass is 234 g/mol. The van der Waals surface area contributed by atoms with E-state index in [2.05, 4.69) is 0 Å². The standard InChI is InChI=1S/C15H22O2/c1-12(16)14(2,3)15(4,5)17-11-13-9-7-6-8-10-13/h6-10H,11H2,1-5H3. The molecule has 0 radical (unpaired) electrons. The number of carbonyl (C=O) groups is 1. The van der Waals surface area contributed by atoms with Gasteiger partial charge in [-0.2, -0.15) is 0 Å². The van der Waals surface area contributed by atoms with Crippen molar-refractivity contribution in [2.75, 3.05) is 0 Å². The van der Waals surface area contributed by atoms with E-state index in [1.54, 1.807) is 6.92 Å². The summed E-state index contributed by atoms with van der Waals surface area (Å²) in [5.41, 5.74) is 0.163. The normalized spacial score (nSPS) is 12.5. The molecule has 0 aliphatic rings. The van der Waals surface area contributed by atoms with Crippen molar-refractivity contribution in [3.8, 4) is 0 Å². The van der Waals surface area contributed by atoms with Crippen molar-refractivity contribution in [1.29, 1.82) is 0 Å². The van der Waals surface area contributed by atoms with Gasteiger partial charge in [0.15, 0.2) is 0 Å². The second-order valence-corrected chi connectivity index (χ2v) is 5.47. The Labute approximate surface area is 104 Å². The van der Waals surface area contributed by atoms with Crippen LogP contribution in [0.1, 0.15) is 40.2 Å². The Hall–Kier alpha value is -1.15. The highest BCUT2D eigenvalue weighted by Crippen LogP contribution is 2.35. The summed E-state index contributed by atoms with van der Waals surface area (Å²) in [5, 5.41) is 0. The van der Waals surface area contributed by atoms with Crippen molar-refractivity contribution in [3.05, 3.63) is 35.9 Å². The van der Waals surface area contributed by atoms with E-state index in [1.165, 1.54) is 0 Å². The first-order chi connectivity index (χ1) is 7.77. The molecule has 2 heteroatoms. The van der Waals surface area contributed by atoms with E-state index in [1.807, 2.05) is 58.0 Å². The highest BCUT2D eigenvalue weighted by atomic mass is 16.5. The van der Waals surface area contributed by atoms with E-state index in [4.69, 9.17) is 4.74 Å². The number of rotatable bonds is 5. The van der Waals surface area contributed by atoms with Crippen LogP contribution in [0.15, 0.2) is 30.3 Å². The molecule has 0 saturated carbocycles. The van der Waals surface area contributed by atoms with Crippen LogP contribution in [0.4, 0.5) is 0 Å². The van der Waals surface area contributed by atoms with Gasteiger partial charge in [-0.1, -0.05) is 44.2 Å². The lowest BCUT2D eigenvalue weighted by Crippen LogP contribution is -2.46. The van der Waals surface area contributed by atoms with E-state index >= 15 is 0 Å². The Morgan fingerprint density at radius 3 is 2.12 bits per heavy atom. The zero-order valence-corrected chi connectivity index (χ0v) is 11.4. The van der Waals surface area contributed by atoms with Gasteiger partial charge in [0.25, 0.3) is 0 Å². The maximum atomic E-state index is 11.6. The van der Waals surface area contributed by atoms with Crippen LogP contribution in [0.3, 0.4) is 0 Å². The smallest absolute Gasteiger partial charge is 0.138 e. The third-order valence-electron chi connectivity index (χ3n) is 3.83. The van der Waals surface area contributed by atoms with Crippen molar-refractivity contribution < 1.29 is 9.53 Å². The fourth-order valence-electron chi connectivity index (χ4n) is 1.44. The lowest BCUT2D eigenvalue weighted by atomic mass is 9.74. The van der Waals surface area contributed by atoms with Crippen LogP contribution < -0.4 is 0 Å². The van der Waals surface area contributed by atoms with Crippen LogP contribution in [0, 0.1) is 5.41 Å². The number of ketones is 1. The van der Waals surface area contributed by atoms with Gasteiger partial charge in [-0.05, 0) is 26.3 Å². The van der Waals surface area contributed by atoms with Gasteiger partial charge in [-0.15, -0.1) is 0 Å². The summed E-state index contributed by atoms with van der Waals surface area (Å²) in [6, 6.07) is 10.0. The predicted octanol–water partition coefficient (Wildman–Crippen LogP) is 3.60. The lowest BCUT2D eigenvalue weighted by molar-refractivity contribution is -0.149. The summed E-state index contributed by atoms with van der Waals surface area (Å²) >= 11 is 0. The van der Waals surface area contributed by atoms with E-state index in [0.717, 1.165) is 5.56 Å². The Morgan fingerprint density at radius 1 is 1.12 bits per heavy atom. The molecule has 1 aromatic rings. The molecule has 0 heterocycles. The molecule has 0 aromatic heterocycles. The van der Waals surface area contributed by atoms with Crippen LogP contribution in [0.25, 0.3) is 0 Å². The number of benzene rings is 1. The molecule has 1 rings (SSSR count). The molecule has 0 spiro atoms. The third-order valence-corrected chi connectivity index (χ3v) is 3.83. The summed E-state index contributed by atoms with van der Waals surface area (Å²) in [5.74, 6) is 0.149. The van der Waals surface area contributed by atoms with E-state index in [9.17, 15) is 4.79 Å². The second kappa shape index (κ2) is 5.01. The number of Topliss-reactive ketones (excluding diaryl/α,β-unsaturated/α-hetero) is 1. The Kier molecular flexibility index (Phi) is 4.10. The maximum absolute atomic E-state index is 11.6. The first-order valence-corrected chi connectivity index (χ1v) is 5.96. The lowest BCUT2D eigenvalue weighted by Gasteiger charge is -2.39. The number of carbonyl (C=O) groups excluding carboxylic acids is 1. The highest BCUT2D eigenvalue weighted by Gasteiger charge is 2.41. The predicted molar refractivity (Wildman–Crippen MR) is 69.8 cm³/mol. The number of ether oxygens (including phenoxy) is 1. The highest BCUT2D eigenvalue weighted by molar-refractivity contribution is 5.82. The van der Waals surface area contributed by atoms with Crippen LogP contribution in [0.2, 0.25) is 0 Å². The molecular weight excluding hydrogens is 212 g/mol. The largest absolute Gasteiger partial charge is 0.370 e. The molecule has 1 aromatic carbocycles. The van der Waals surface area contributed by atoms with Gasteiger partial charge in [0, 0.05) is 0 Å². The van der Waals surface area contributed by atoms with E-state index < -0.39 is 11.0 Å². The summed E-state index contributed by atoms with van der Waals surface area (Å²) in [6.07, 6.45) is 0.